The molecule has 5 nitrogen and oxygen atoms in total. The minimum Gasteiger partial charge on any atom is -0.481 e. The Morgan fingerprint density at radius 2 is 2.04 bits per heavy atom. The summed E-state index contributed by atoms with van der Waals surface area (Å²) in [5, 5.41) is 0. The summed E-state index contributed by atoms with van der Waals surface area (Å²) < 4.78 is 42.6. The molecule has 0 saturated carbocycles. The fourth-order valence-electron chi connectivity index (χ4n) is 2.96. The number of hydrogen-bond donors (Lipinski definition) is 0. The molecule has 1 aromatic carbocycles. The first-order chi connectivity index (χ1) is 11.1. The topological polar surface area (TPSA) is 48.0 Å². The van der Waals surface area contributed by atoms with Crippen molar-refractivity contribution < 1.29 is 27.8 Å². The highest BCUT2D eigenvalue weighted by molar-refractivity contribution is 5.78. The average molecular weight is 327 g/mol. The van der Waals surface area contributed by atoms with Gasteiger partial charge in [0.15, 0.2) is 24.5 Å². The molecule has 126 valence electrons. The molecular weight excluding hydrogens is 308 g/mol. The van der Waals surface area contributed by atoms with Crippen LogP contribution in [0, 0.1) is 11.6 Å². The third kappa shape index (κ3) is 3.79. The molecule has 2 fully saturated rings. The summed E-state index contributed by atoms with van der Waals surface area (Å²) in [6.45, 7) is 1.36. The van der Waals surface area contributed by atoms with Gasteiger partial charge in [0, 0.05) is 12.6 Å². The largest absolute Gasteiger partial charge is 0.481 e. The number of amides is 1. The summed E-state index contributed by atoms with van der Waals surface area (Å²) in [5.74, 6) is -1.90. The molecule has 3 rings (SSSR count). The predicted molar refractivity (Wildman–Crippen MR) is 76.9 cm³/mol. The second-order valence-electron chi connectivity index (χ2n) is 5.62. The van der Waals surface area contributed by atoms with Crippen molar-refractivity contribution in [1.29, 1.82) is 0 Å². The van der Waals surface area contributed by atoms with Gasteiger partial charge in [-0.2, -0.15) is 0 Å². The number of rotatable bonds is 4. The van der Waals surface area contributed by atoms with Crippen LogP contribution >= 0.6 is 0 Å². The van der Waals surface area contributed by atoms with Gasteiger partial charge in [0.25, 0.3) is 5.91 Å². The van der Waals surface area contributed by atoms with Crippen LogP contribution in [-0.4, -0.2) is 49.5 Å². The first-order valence-corrected chi connectivity index (χ1v) is 7.75. The third-order valence-corrected chi connectivity index (χ3v) is 4.08. The van der Waals surface area contributed by atoms with Gasteiger partial charge in [-0.15, -0.1) is 0 Å². The SMILES string of the molecule is O=C(COc1ccc(F)cc1F)N1CCCC[C@H]1C1OCCO1. The van der Waals surface area contributed by atoms with Crippen molar-refractivity contribution in [2.45, 2.75) is 31.6 Å². The van der Waals surface area contributed by atoms with E-state index in [0.29, 0.717) is 19.8 Å². The summed E-state index contributed by atoms with van der Waals surface area (Å²) in [6.07, 6.45) is 2.31. The van der Waals surface area contributed by atoms with Gasteiger partial charge in [0.1, 0.15) is 5.82 Å². The number of nitrogens with zero attached hydrogens (tertiary/aromatic N) is 1. The van der Waals surface area contributed by atoms with Crippen LogP contribution in [0.1, 0.15) is 19.3 Å². The maximum Gasteiger partial charge on any atom is 0.260 e. The lowest BCUT2D eigenvalue weighted by Gasteiger charge is -2.37. The van der Waals surface area contributed by atoms with Crippen molar-refractivity contribution in [2.75, 3.05) is 26.4 Å². The Balaban J connectivity index is 1.61. The van der Waals surface area contributed by atoms with Gasteiger partial charge in [-0.3, -0.25) is 4.79 Å². The summed E-state index contributed by atoms with van der Waals surface area (Å²) in [6, 6.07) is 2.85. The van der Waals surface area contributed by atoms with Crippen molar-refractivity contribution in [1.82, 2.24) is 4.90 Å². The molecule has 2 aliphatic heterocycles. The quantitative estimate of drug-likeness (QED) is 0.850. The van der Waals surface area contributed by atoms with Crippen molar-refractivity contribution in [3.05, 3.63) is 29.8 Å². The molecule has 7 heteroatoms. The van der Waals surface area contributed by atoms with Crippen LogP contribution in [0.2, 0.25) is 0 Å². The highest BCUT2D eigenvalue weighted by Crippen LogP contribution is 2.25. The Hall–Kier alpha value is -1.73. The number of piperidine rings is 1. The van der Waals surface area contributed by atoms with Crippen LogP contribution in [0.15, 0.2) is 18.2 Å². The van der Waals surface area contributed by atoms with Gasteiger partial charge in [0.2, 0.25) is 0 Å². The Labute approximate surface area is 133 Å². The fraction of sp³-hybridized carbons (Fsp3) is 0.562. The lowest BCUT2D eigenvalue weighted by Crippen LogP contribution is -2.51. The minimum absolute atomic E-state index is 0.137. The molecule has 0 bridgehead atoms. The molecule has 0 aromatic heterocycles. The summed E-state index contributed by atoms with van der Waals surface area (Å²) in [7, 11) is 0. The van der Waals surface area contributed by atoms with Crippen LogP contribution in [0.4, 0.5) is 8.78 Å². The first kappa shape index (κ1) is 16.1. The molecule has 0 aliphatic carbocycles. The highest BCUT2D eigenvalue weighted by Gasteiger charge is 2.36. The number of likely N-dealkylation sites (tertiary alicyclic amines) is 1. The number of hydrogen-bond acceptors (Lipinski definition) is 4. The zero-order valence-electron chi connectivity index (χ0n) is 12.7. The van der Waals surface area contributed by atoms with Crippen LogP contribution in [-0.2, 0) is 14.3 Å². The average Bonchev–Trinajstić information content (AvgIpc) is 3.08. The lowest BCUT2D eigenvalue weighted by molar-refractivity contribution is -0.152. The van der Waals surface area contributed by atoms with Crippen molar-refractivity contribution in [3.63, 3.8) is 0 Å². The molecular formula is C16H19F2NO4. The number of carbonyl (C=O) groups is 1. The van der Waals surface area contributed by atoms with E-state index in [1.54, 1.807) is 4.90 Å². The normalized spacial score (nSPS) is 22.3. The fourth-order valence-corrected chi connectivity index (χ4v) is 2.96. The first-order valence-electron chi connectivity index (χ1n) is 7.75. The number of halogens is 2. The van der Waals surface area contributed by atoms with E-state index in [-0.39, 0.29) is 24.3 Å². The molecule has 0 unspecified atom stereocenters. The zero-order valence-corrected chi connectivity index (χ0v) is 12.7. The van der Waals surface area contributed by atoms with E-state index in [4.69, 9.17) is 14.2 Å². The minimum atomic E-state index is -0.824. The van der Waals surface area contributed by atoms with Crippen molar-refractivity contribution >= 4 is 5.91 Å². The lowest BCUT2D eigenvalue weighted by atomic mass is 10.0. The molecule has 1 amide bonds. The van der Waals surface area contributed by atoms with Crippen molar-refractivity contribution in [3.8, 4) is 5.75 Å². The van der Waals surface area contributed by atoms with Gasteiger partial charge in [-0.25, -0.2) is 8.78 Å². The highest BCUT2D eigenvalue weighted by atomic mass is 19.1. The Kier molecular flexibility index (Phi) is 5.07. The second kappa shape index (κ2) is 7.23. The van der Waals surface area contributed by atoms with Crippen LogP contribution in [0.25, 0.3) is 0 Å². The molecule has 1 atom stereocenters. The van der Waals surface area contributed by atoms with E-state index >= 15 is 0 Å². The summed E-state index contributed by atoms with van der Waals surface area (Å²) in [4.78, 5) is 14.1. The van der Waals surface area contributed by atoms with Gasteiger partial charge < -0.3 is 19.1 Å². The van der Waals surface area contributed by atoms with E-state index in [1.807, 2.05) is 0 Å². The molecule has 0 radical (unpaired) electrons. The third-order valence-electron chi connectivity index (χ3n) is 4.08. The molecule has 1 aromatic rings. The van der Waals surface area contributed by atoms with Crippen LogP contribution in [0.3, 0.4) is 0 Å². The summed E-state index contributed by atoms with van der Waals surface area (Å²) >= 11 is 0. The van der Waals surface area contributed by atoms with Crippen LogP contribution < -0.4 is 4.74 Å². The zero-order chi connectivity index (χ0) is 16.2. The van der Waals surface area contributed by atoms with Gasteiger partial charge in [-0.1, -0.05) is 0 Å². The van der Waals surface area contributed by atoms with E-state index < -0.39 is 17.9 Å². The molecule has 23 heavy (non-hydrogen) atoms. The maximum atomic E-state index is 13.5. The molecule has 0 N–H and O–H groups in total. The standard InChI is InChI=1S/C16H19F2NO4/c17-11-4-5-14(12(18)9-11)23-10-15(20)19-6-2-1-3-13(19)16-21-7-8-22-16/h4-5,9,13,16H,1-3,6-8,10H2/t13-/m0/s1. The van der Waals surface area contributed by atoms with Gasteiger partial charge >= 0.3 is 0 Å². The van der Waals surface area contributed by atoms with E-state index in [1.165, 1.54) is 6.07 Å². The Morgan fingerprint density at radius 3 is 2.78 bits per heavy atom. The number of carbonyl (C=O) groups excluding carboxylic acids is 1. The monoisotopic (exact) mass is 327 g/mol. The van der Waals surface area contributed by atoms with E-state index in [2.05, 4.69) is 0 Å². The van der Waals surface area contributed by atoms with E-state index in [0.717, 1.165) is 31.4 Å². The second-order valence-corrected chi connectivity index (χ2v) is 5.62. The number of benzene rings is 1. The molecule has 2 heterocycles. The Bertz CT molecular complexity index is 563. The molecule has 0 spiro atoms. The number of ether oxygens (including phenoxy) is 3. The van der Waals surface area contributed by atoms with Gasteiger partial charge in [-0.05, 0) is 31.4 Å². The Morgan fingerprint density at radius 1 is 1.26 bits per heavy atom. The summed E-state index contributed by atoms with van der Waals surface area (Å²) in [5.41, 5.74) is 0. The molecule has 2 aliphatic rings. The predicted octanol–water partition coefficient (Wildman–Crippen LogP) is 2.10. The van der Waals surface area contributed by atoms with Crippen LogP contribution in [0.5, 0.6) is 5.75 Å². The molecule has 2 saturated heterocycles. The van der Waals surface area contributed by atoms with E-state index in [9.17, 15) is 13.6 Å². The van der Waals surface area contributed by atoms with Gasteiger partial charge in [0.05, 0.1) is 19.3 Å². The van der Waals surface area contributed by atoms with Crippen molar-refractivity contribution in [2.24, 2.45) is 0 Å². The maximum absolute atomic E-state index is 13.5. The smallest absolute Gasteiger partial charge is 0.260 e.